The molecule has 3 amide bonds. The fourth-order valence-corrected chi connectivity index (χ4v) is 4.05. The van der Waals surface area contributed by atoms with Gasteiger partial charge in [-0.1, -0.05) is 36.4 Å². The smallest absolute Gasteiger partial charge is 0.323 e. The van der Waals surface area contributed by atoms with Crippen LogP contribution in [0.5, 0.6) is 0 Å². The minimum absolute atomic E-state index is 0.0146. The van der Waals surface area contributed by atoms with E-state index >= 15 is 0 Å². The summed E-state index contributed by atoms with van der Waals surface area (Å²) in [4.78, 5) is 27.5. The van der Waals surface area contributed by atoms with Gasteiger partial charge in [0.25, 0.3) is 0 Å². The molecule has 2 aliphatic carbocycles. The van der Waals surface area contributed by atoms with Crippen molar-refractivity contribution in [3.8, 4) is 0 Å². The number of amides is 3. The molecule has 1 saturated carbocycles. The van der Waals surface area contributed by atoms with E-state index in [1.807, 2.05) is 12.1 Å². The van der Waals surface area contributed by atoms with Gasteiger partial charge >= 0.3 is 6.03 Å². The van der Waals surface area contributed by atoms with Gasteiger partial charge in [-0.15, -0.1) is 0 Å². The highest BCUT2D eigenvalue weighted by molar-refractivity contribution is 6.00. The topological polar surface area (TPSA) is 40.6 Å². The monoisotopic (exact) mass is 268 g/mol. The molecule has 1 aromatic rings. The second kappa shape index (κ2) is 3.72. The molecule has 0 radical (unpaired) electrons. The van der Waals surface area contributed by atoms with Crippen LogP contribution in [0.25, 0.3) is 6.08 Å². The van der Waals surface area contributed by atoms with Gasteiger partial charge in [0.2, 0.25) is 5.91 Å². The average molecular weight is 268 g/mol. The molecule has 4 heteroatoms. The van der Waals surface area contributed by atoms with E-state index in [0.29, 0.717) is 0 Å². The number of hydrogen-bond acceptors (Lipinski definition) is 2. The highest BCUT2D eigenvalue weighted by atomic mass is 16.2. The van der Waals surface area contributed by atoms with Gasteiger partial charge in [-0.3, -0.25) is 9.69 Å². The molecule has 1 aromatic carbocycles. The summed E-state index contributed by atoms with van der Waals surface area (Å²) in [6, 6.07) is 8.05. The van der Waals surface area contributed by atoms with Crippen molar-refractivity contribution in [1.82, 2.24) is 9.80 Å². The largest absolute Gasteiger partial charge is 0.326 e. The third kappa shape index (κ3) is 1.22. The Bertz CT molecular complexity index is 652. The summed E-state index contributed by atoms with van der Waals surface area (Å²) < 4.78 is 0. The van der Waals surface area contributed by atoms with Crippen molar-refractivity contribution < 1.29 is 9.59 Å². The number of hydrogen-bond donors (Lipinski definition) is 0. The fourth-order valence-electron chi connectivity index (χ4n) is 4.05. The number of fused-ring (bicyclic) bond motifs is 6. The highest BCUT2D eigenvalue weighted by Crippen LogP contribution is 2.55. The number of benzene rings is 1. The molecule has 0 unspecified atom stereocenters. The zero-order valence-corrected chi connectivity index (χ0v) is 11.5. The van der Waals surface area contributed by atoms with Crippen molar-refractivity contribution in [3.05, 3.63) is 41.5 Å². The van der Waals surface area contributed by atoms with E-state index in [0.717, 1.165) is 0 Å². The van der Waals surface area contributed by atoms with E-state index in [9.17, 15) is 9.59 Å². The quantitative estimate of drug-likeness (QED) is 0.721. The molecule has 102 valence electrons. The average Bonchev–Trinajstić information content (AvgIpc) is 2.44. The van der Waals surface area contributed by atoms with Crippen LogP contribution in [0.2, 0.25) is 0 Å². The van der Waals surface area contributed by atoms with Gasteiger partial charge in [-0.05, 0) is 11.1 Å². The summed E-state index contributed by atoms with van der Waals surface area (Å²) in [6.07, 6.45) is 4.28. The van der Waals surface area contributed by atoms with Crippen LogP contribution in [0.4, 0.5) is 4.79 Å². The molecular formula is C16H16N2O2. The summed E-state index contributed by atoms with van der Waals surface area (Å²) in [5, 5.41) is 0. The number of nitrogens with zero attached hydrogens (tertiary/aromatic N) is 2. The molecule has 20 heavy (non-hydrogen) atoms. The van der Waals surface area contributed by atoms with Crippen LogP contribution < -0.4 is 0 Å². The SMILES string of the molecule is CN1C(=O)[C@H]2[C@H]3c4ccccc4C=C[C@H]3[C@H]2N(C)C1=O. The molecule has 1 heterocycles. The van der Waals surface area contributed by atoms with Gasteiger partial charge in [0.05, 0.1) is 12.0 Å². The van der Waals surface area contributed by atoms with E-state index in [2.05, 4.69) is 24.3 Å². The maximum Gasteiger partial charge on any atom is 0.326 e. The zero-order valence-electron chi connectivity index (χ0n) is 11.5. The molecule has 1 saturated heterocycles. The second-order valence-electron chi connectivity index (χ2n) is 5.90. The third-order valence-electron chi connectivity index (χ3n) is 5.07. The van der Waals surface area contributed by atoms with Crippen molar-refractivity contribution in [2.24, 2.45) is 11.8 Å². The van der Waals surface area contributed by atoms with Crippen LogP contribution in [-0.2, 0) is 4.79 Å². The van der Waals surface area contributed by atoms with Gasteiger partial charge in [0.15, 0.2) is 0 Å². The summed E-state index contributed by atoms with van der Waals surface area (Å²) in [7, 11) is 3.38. The van der Waals surface area contributed by atoms with Gasteiger partial charge in [-0.25, -0.2) is 4.79 Å². The van der Waals surface area contributed by atoms with Crippen molar-refractivity contribution in [1.29, 1.82) is 0 Å². The van der Waals surface area contributed by atoms with Crippen LogP contribution >= 0.6 is 0 Å². The number of imide groups is 1. The fraction of sp³-hybridized carbons (Fsp3) is 0.375. The summed E-state index contributed by atoms with van der Waals surface area (Å²) in [6.45, 7) is 0. The van der Waals surface area contributed by atoms with Crippen molar-refractivity contribution >= 4 is 18.0 Å². The van der Waals surface area contributed by atoms with E-state index in [1.165, 1.54) is 16.0 Å². The van der Waals surface area contributed by atoms with Crippen LogP contribution in [0.1, 0.15) is 17.0 Å². The standard InChI is InChI=1S/C16H16N2O2/c1-17-14-11-8-7-9-5-3-4-6-10(9)12(11)13(14)15(19)18(2)16(17)20/h3-8,11-14H,1-2H3/t11-,12+,13+,14-/m1/s1. The molecule has 4 rings (SSSR count). The Balaban J connectivity index is 1.80. The maximum absolute atomic E-state index is 12.5. The van der Waals surface area contributed by atoms with Crippen LogP contribution in [0, 0.1) is 11.8 Å². The van der Waals surface area contributed by atoms with Gasteiger partial charge in [-0.2, -0.15) is 0 Å². The van der Waals surface area contributed by atoms with Crippen LogP contribution in [0.15, 0.2) is 30.3 Å². The molecule has 0 bridgehead atoms. The Morgan fingerprint density at radius 3 is 2.60 bits per heavy atom. The van der Waals surface area contributed by atoms with E-state index < -0.39 is 0 Å². The molecule has 1 aliphatic heterocycles. The number of rotatable bonds is 0. The lowest BCUT2D eigenvalue weighted by molar-refractivity contribution is -0.147. The molecule has 3 aliphatic rings. The molecule has 0 N–H and O–H groups in total. The Hall–Kier alpha value is -2.10. The van der Waals surface area contributed by atoms with Gasteiger partial charge < -0.3 is 4.90 Å². The Morgan fingerprint density at radius 2 is 1.80 bits per heavy atom. The first-order valence-corrected chi connectivity index (χ1v) is 6.93. The van der Waals surface area contributed by atoms with Crippen molar-refractivity contribution in [2.45, 2.75) is 12.0 Å². The first-order valence-electron chi connectivity index (χ1n) is 6.93. The molecular weight excluding hydrogens is 252 g/mol. The normalized spacial score (nSPS) is 34.3. The molecule has 0 spiro atoms. The second-order valence-corrected chi connectivity index (χ2v) is 5.90. The molecule has 0 aromatic heterocycles. The molecule has 4 atom stereocenters. The lowest BCUT2D eigenvalue weighted by Gasteiger charge is -2.58. The number of carbonyl (C=O) groups excluding carboxylic acids is 2. The van der Waals surface area contributed by atoms with Gasteiger partial charge in [0.1, 0.15) is 0 Å². The zero-order chi connectivity index (χ0) is 14.0. The van der Waals surface area contributed by atoms with E-state index in [1.54, 1.807) is 19.0 Å². The van der Waals surface area contributed by atoms with Crippen molar-refractivity contribution in [2.75, 3.05) is 14.1 Å². The predicted molar refractivity (Wildman–Crippen MR) is 74.9 cm³/mol. The molecule has 4 nitrogen and oxygen atoms in total. The summed E-state index contributed by atoms with van der Waals surface area (Å²) in [5.41, 5.74) is 2.44. The summed E-state index contributed by atoms with van der Waals surface area (Å²) in [5.74, 6) is 0.344. The lowest BCUT2D eigenvalue weighted by Crippen LogP contribution is -2.69. The third-order valence-corrected chi connectivity index (χ3v) is 5.07. The van der Waals surface area contributed by atoms with Crippen LogP contribution in [-0.4, -0.2) is 41.9 Å². The van der Waals surface area contributed by atoms with E-state index in [4.69, 9.17) is 0 Å². The number of carbonyl (C=O) groups is 2. The minimum Gasteiger partial charge on any atom is -0.323 e. The number of urea groups is 1. The van der Waals surface area contributed by atoms with Gasteiger partial charge in [0, 0.05) is 25.9 Å². The maximum atomic E-state index is 12.5. The Labute approximate surface area is 117 Å². The first-order chi connectivity index (χ1) is 9.61. The van der Waals surface area contributed by atoms with Crippen LogP contribution in [0.3, 0.4) is 0 Å². The predicted octanol–water partition coefficient (Wildman–Crippen LogP) is 1.94. The lowest BCUT2D eigenvalue weighted by atomic mass is 9.54. The Morgan fingerprint density at radius 1 is 1.05 bits per heavy atom. The van der Waals surface area contributed by atoms with E-state index in [-0.39, 0.29) is 35.7 Å². The van der Waals surface area contributed by atoms with Crippen molar-refractivity contribution in [3.63, 3.8) is 0 Å². The highest BCUT2D eigenvalue weighted by Gasteiger charge is 2.61. The summed E-state index contributed by atoms with van der Waals surface area (Å²) >= 11 is 0. The first kappa shape index (κ1) is 11.7. The molecule has 2 fully saturated rings. The Kier molecular flexibility index (Phi) is 2.18. The minimum atomic E-state index is -0.193.